The van der Waals surface area contributed by atoms with Crippen molar-refractivity contribution in [3.8, 4) is 0 Å². The van der Waals surface area contributed by atoms with Crippen LogP contribution in [0.25, 0.3) is 24.3 Å². The molecule has 1 aromatic heterocycles. The SMILES string of the molecule is C=C/C=c1/c(/C=C\C)c(/C=C\C)n(BC)/c1=C/C=C. The molecule has 0 aliphatic carbocycles. The fourth-order valence-corrected chi connectivity index (χ4v) is 2.30. The number of allylic oxidation sites excluding steroid dienone is 4. The third-order valence-corrected chi connectivity index (χ3v) is 2.96. The Balaban J connectivity index is 3.97. The minimum atomic E-state index is 0.925. The predicted octanol–water partition coefficient (Wildman–Crippen LogP) is 2.74. The lowest BCUT2D eigenvalue weighted by atomic mass is 9.98. The van der Waals surface area contributed by atoms with E-state index in [9.17, 15) is 0 Å². The maximum Gasteiger partial charge on any atom is 0.239 e. The second-order valence-electron chi connectivity index (χ2n) is 4.15. The monoisotopic (exact) mass is 251 g/mol. The molecule has 0 radical (unpaired) electrons. The summed E-state index contributed by atoms with van der Waals surface area (Å²) in [4.78, 5) is 0. The van der Waals surface area contributed by atoms with Gasteiger partial charge in [-0.15, -0.1) is 0 Å². The molecule has 1 nitrogen and oxygen atoms in total. The van der Waals surface area contributed by atoms with Crippen molar-refractivity contribution < 1.29 is 0 Å². The third-order valence-electron chi connectivity index (χ3n) is 2.96. The van der Waals surface area contributed by atoms with E-state index in [4.69, 9.17) is 0 Å². The van der Waals surface area contributed by atoms with Gasteiger partial charge in [-0.2, -0.15) is 0 Å². The Labute approximate surface area is 116 Å². The molecular formula is C17H22BN. The molecule has 0 spiro atoms. The molecule has 0 aromatic carbocycles. The minimum absolute atomic E-state index is 0.925. The fourth-order valence-electron chi connectivity index (χ4n) is 2.30. The van der Waals surface area contributed by atoms with Crippen molar-refractivity contribution in [1.29, 1.82) is 0 Å². The lowest BCUT2D eigenvalue weighted by Gasteiger charge is -2.03. The Morgan fingerprint density at radius 2 is 1.63 bits per heavy atom. The molecule has 98 valence electrons. The summed E-state index contributed by atoms with van der Waals surface area (Å²) in [6.45, 7) is 13.9. The van der Waals surface area contributed by atoms with Crippen molar-refractivity contribution in [3.05, 3.63) is 59.3 Å². The first-order valence-corrected chi connectivity index (χ1v) is 6.68. The van der Waals surface area contributed by atoms with Gasteiger partial charge >= 0.3 is 0 Å². The topological polar surface area (TPSA) is 4.93 Å². The highest BCUT2D eigenvalue weighted by molar-refractivity contribution is 6.32. The maximum atomic E-state index is 3.82. The van der Waals surface area contributed by atoms with Gasteiger partial charge in [-0.3, -0.25) is 0 Å². The van der Waals surface area contributed by atoms with Gasteiger partial charge in [0.1, 0.15) is 0 Å². The van der Waals surface area contributed by atoms with Gasteiger partial charge in [0, 0.05) is 21.8 Å². The molecule has 0 aliphatic rings. The van der Waals surface area contributed by atoms with Crippen LogP contribution in [0.1, 0.15) is 25.1 Å². The summed E-state index contributed by atoms with van der Waals surface area (Å²) < 4.78 is 2.30. The molecule has 0 atom stereocenters. The Kier molecular flexibility index (Phi) is 5.94. The Morgan fingerprint density at radius 1 is 1.00 bits per heavy atom. The van der Waals surface area contributed by atoms with Crippen LogP contribution in [0.5, 0.6) is 0 Å². The quantitative estimate of drug-likeness (QED) is 0.709. The van der Waals surface area contributed by atoms with Crippen LogP contribution < -0.4 is 10.6 Å². The van der Waals surface area contributed by atoms with Crippen LogP contribution >= 0.6 is 0 Å². The normalized spacial score (nSPS) is 13.6. The van der Waals surface area contributed by atoms with Crippen LogP contribution in [-0.2, 0) is 0 Å². The molecule has 0 aliphatic heterocycles. The average Bonchev–Trinajstić information content (AvgIpc) is 2.66. The zero-order chi connectivity index (χ0) is 14.3. The first-order chi connectivity index (χ1) is 9.24. The van der Waals surface area contributed by atoms with Crippen LogP contribution in [0.4, 0.5) is 0 Å². The number of aromatic nitrogens is 1. The Bertz CT molecular complexity index is 627. The summed E-state index contributed by atoms with van der Waals surface area (Å²) >= 11 is 0. The summed E-state index contributed by atoms with van der Waals surface area (Å²) in [7, 11) is 0.925. The first kappa shape index (κ1) is 15.1. The summed E-state index contributed by atoms with van der Waals surface area (Å²) in [6, 6.07) is 0. The highest BCUT2D eigenvalue weighted by Gasteiger charge is 2.08. The van der Waals surface area contributed by atoms with E-state index >= 15 is 0 Å². The molecule has 0 fully saturated rings. The van der Waals surface area contributed by atoms with Crippen LogP contribution in [0.3, 0.4) is 0 Å². The Morgan fingerprint density at radius 3 is 2.11 bits per heavy atom. The highest BCUT2D eigenvalue weighted by Crippen LogP contribution is 2.08. The number of hydrogen-bond acceptors (Lipinski definition) is 0. The number of nitrogens with zero attached hydrogens (tertiary/aromatic N) is 1. The van der Waals surface area contributed by atoms with Gasteiger partial charge in [0.2, 0.25) is 7.41 Å². The summed E-state index contributed by atoms with van der Waals surface area (Å²) in [5, 5.41) is 2.38. The lowest BCUT2D eigenvalue weighted by Crippen LogP contribution is -2.31. The van der Waals surface area contributed by atoms with Crippen LogP contribution in [0, 0.1) is 0 Å². The molecule has 0 unspecified atom stereocenters. The second kappa shape index (κ2) is 7.47. The standard InChI is InChI=1S/C17H22BN/c1-6-10-14-15(11-7-2)17(13-9-4)19(18-5)16(14)12-8-3/h6-13,18H,1,3H2,2,4-5H3/b11-7-,13-9-,14-10-,16-12+. The van der Waals surface area contributed by atoms with Gasteiger partial charge in [-0.05, 0) is 26.0 Å². The van der Waals surface area contributed by atoms with Gasteiger partial charge in [-0.1, -0.05) is 56.4 Å². The van der Waals surface area contributed by atoms with Crippen molar-refractivity contribution in [2.24, 2.45) is 0 Å². The second-order valence-corrected chi connectivity index (χ2v) is 4.15. The zero-order valence-corrected chi connectivity index (χ0v) is 12.2. The van der Waals surface area contributed by atoms with Gasteiger partial charge in [0.25, 0.3) is 0 Å². The summed E-state index contributed by atoms with van der Waals surface area (Å²) in [5.74, 6) is 0. The van der Waals surface area contributed by atoms with E-state index in [1.807, 2.05) is 26.0 Å². The molecule has 0 N–H and O–H groups in total. The van der Waals surface area contributed by atoms with E-state index < -0.39 is 0 Å². The number of hydrogen-bond donors (Lipinski definition) is 0. The zero-order valence-electron chi connectivity index (χ0n) is 12.2. The maximum absolute atomic E-state index is 3.82. The molecule has 0 amide bonds. The molecular weight excluding hydrogens is 229 g/mol. The van der Waals surface area contributed by atoms with Crippen molar-refractivity contribution in [1.82, 2.24) is 4.48 Å². The molecule has 0 saturated heterocycles. The molecule has 0 saturated carbocycles. The van der Waals surface area contributed by atoms with Crippen molar-refractivity contribution in [2.45, 2.75) is 20.7 Å². The van der Waals surface area contributed by atoms with Gasteiger partial charge in [0.15, 0.2) is 0 Å². The highest BCUT2D eigenvalue weighted by atomic mass is 14.9. The van der Waals surface area contributed by atoms with E-state index in [1.54, 1.807) is 0 Å². The minimum Gasteiger partial charge on any atom is -0.389 e. The van der Waals surface area contributed by atoms with Gasteiger partial charge in [0.05, 0.1) is 0 Å². The van der Waals surface area contributed by atoms with Gasteiger partial charge < -0.3 is 4.48 Å². The van der Waals surface area contributed by atoms with E-state index in [2.05, 4.69) is 60.9 Å². The molecule has 1 aromatic rings. The summed E-state index contributed by atoms with van der Waals surface area (Å²) in [5.41, 5.74) is 2.46. The molecule has 1 heterocycles. The largest absolute Gasteiger partial charge is 0.389 e. The third kappa shape index (κ3) is 3.08. The molecule has 1 rings (SSSR count). The molecule has 0 bridgehead atoms. The number of rotatable bonds is 5. The molecule has 2 heteroatoms. The van der Waals surface area contributed by atoms with Crippen molar-refractivity contribution in [3.63, 3.8) is 0 Å². The van der Waals surface area contributed by atoms with Crippen LogP contribution in [-0.4, -0.2) is 11.9 Å². The van der Waals surface area contributed by atoms with E-state index in [-0.39, 0.29) is 0 Å². The van der Waals surface area contributed by atoms with E-state index in [0.717, 1.165) is 7.41 Å². The average molecular weight is 251 g/mol. The van der Waals surface area contributed by atoms with Crippen LogP contribution in [0.2, 0.25) is 6.82 Å². The smallest absolute Gasteiger partial charge is 0.239 e. The van der Waals surface area contributed by atoms with E-state index in [1.165, 1.54) is 21.8 Å². The molecule has 19 heavy (non-hydrogen) atoms. The Hall–Kier alpha value is -1.96. The fraction of sp³-hybridized carbons (Fsp3) is 0.176. The van der Waals surface area contributed by atoms with E-state index in [0.29, 0.717) is 0 Å². The van der Waals surface area contributed by atoms with Crippen molar-refractivity contribution in [2.75, 3.05) is 0 Å². The predicted molar refractivity (Wildman–Crippen MR) is 90.8 cm³/mol. The van der Waals surface area contributed by atoms with Crippen LogP contribution in [0.15, 0.2) is 37.5 Å². The van der Waals surface area contributed by atoms with Crippen molar-refractivity contribution >= 4 is 31.7 Å². The summed E-state index contributed by atoms with van der Waals surface area (Å²) in [6.07, 6.45) is 16.2. The lowest BCUT2D eigenvalue weighted by molar-refractivity contribution is 1.14. The van der Waals surface area contributed by atoms with Gasteiger partial charge in [-0.25, -0.2) is 0 Å². The first-order valence-electron chi connectivity index (χ1n) is 6.68.